The molecule has 0 saturated carbocycles. The molecule has 0 aliphatic heterocycles. The van der Waals surface area contributed by atoms with E-state index in [4.69, 9.17) is 0 Å². The predicted octanol–water partition coefficient (Wildman–Crippen LogP) is 2.95. The minimum atomic E-state index is 0.0832. The molecule has 2 rings (SSSR count). The molecule has 2 aromatic heterocycles. The quantitative estimate of drug-likeness (QED) is 0.653. The number of H-pyrrole nitrogens is 1. The third kappa shape index (κ3) is 3.58. The van der Waals surface area contributed by atoms with Gasteiger partial charge in [0.2, 0.25) is 0 Å². The highest BCUT2D eigenvalue weighted by atomic mass is 32.2. The van der Waals surface area contributed by atoms with Gasteiger partial charge in [-0.25, -0.2) is 0 Å². The number of hydrogen-bond donors (Lipinski definition) is 1. The van der Waals surface area contributed by atoms with E-state index in [0.717, 1.165) is 14.4 Å². The third-order valence-corrected chi connectivity index (χ3v) is 4.95. The number of thioether (sulfide) groups is 2. The van der Waals surface area contributed by atoms with E-state index in [9.17, 15) is 4.79 Å². The van der Waals surface area contributed by atoms with Gasteiger partial charge in [0.25, 0.3) is 0 Å². The molecule has 0 atom stereocenters. The van der Waals surface area contributed by atoms with E-state index >= 15 is 0 Å². The number of aromatic amines is 1. The van der Waals surface area contributed by atoms with Gasteiger partial charge in [0.05, 0.1) is 11.4 Å². The number of nitrogens with zero attached hydrogens (tertiary/aromatic N) is 2. The Labute approximate surface area is 112 Å². The van der Waals surface area contributed by atoms with Crippen molar-refractivity contribution in [2.24, 2.45) is 0 Å². The topological polar surface area (TPSA) is 58.6 Å². The van der Waals surface area contributed by atoms with E-state index in [0.29, 0.717) is 11.4 Å². The molecule has 0 aromatic carbocycles. The zero-order valence-corrected chi connectivity index (χ0v) is 11.6. The van der Waals surface area contributed by atoms with Crippen LogP contribution < -0.4 is 0 Å². The van der Waals surface area contributed by atoms with Crippen LogP contribution in [0.25, 0.3) is 0 Å². The second-order valence-electron chi connectivity index (χ2n) is 3.06. The van der Waals surface area contributed by atoms with Crippen LogP contribution in [0.15, 0.2) is 27.0 Å². The first kappa shape index (κ1) is 12.7. The number of carbonyl (C=O) groups excluding carboxylic acids is 1. The van der Waals surface area contributed by atoms with Gasteiger partial charge in [0, 0.05) is 6.20 Å². The summed E-state index contributed by atoms with van der Waals surface area (Å²) in [5.74, 6) is 1.46. The van der Waals surface area contributed by atoms with Crippen LogP contribution in [0.2, 0.25) is 0 Å². The maximum atomic E-state index is 11.7. The SMILES string of the molecule is CCSc1nnc(SCC(=O)c2ccc[nH]2)s1. The van der Waals surface area contributed by atoms with Crippen molar-refractivity contribution in [3.05, 3.63) is 24.0 Å². The van der Waals surface area contributed by atoms with Crippen molar-refractivity contribution >= 4 is 40.6 Å². The molecular weight excluding hydrogens is 274 g/mol. The van der Waals surface area contributed by atoms with E-state index in [1.165, 1.54) is 23.1 Å². The summed E-state index contributed by atoms with van der Waals surface area (Å²) in [5, 5.41) is 8.07. The van der Waals surface area contributed by atoms with Crippen LogP contribution >= 0.6 is 34.9 Å². The number of aromatic nitrogens is 3. The highest BCUT2D eigenvalue weighted by Crippen LogP contribution is 2.28. The Morgan fingerprint density at radius 1 is 1.41 bits per heavy atom. The van der Waals surface area contributed by atoms with Crippen molar-refractivity contribution in [3.63, 3.8) is 0 Å². The van der Waals surface area contributed by atoms with Crippen LogP contribution in [0.3, 0.4) is 0 Å². The molecule has 0 aliphatic rings. The van der Waals surface area contributed by atoms with E-state index in [2.05, 4.69) is 22.1 Å². The fourth-order valence-corrected chi connectivity index (χ4v) is 3.95. The molecule has 0 fully saturated rings. The number of ketones is 1. The number of carbonyl (C=O) groups is 1. The fraction of sp³-hybridized carbons (Fsp3) is 0.300. The second-order valence-corrected chi connectivity index (χ2v) is 6.77. The summed E-state index contributed by atoms with van der Waals surface area (Å²) >= 11 is 4.64. The normalized spacial score (nSPS) is 10.6. The van der Waals surface area contributed by atoms with Crippen molar-refractivity contribution in [3.8, 4) is 0 Å². The second kappa shape index (κ2) is 6.23. The van der Waals surface area contributed by atoms with Gasteiger partial charge < -0.3 is 4.98 Å². The average Bonchev–Trinajstić information content (AvgIpc) is 2.97. The molecule has 7 heteroatoms. The summed E-state index contributed by atoms with van der Waals surface area (Å²) in [6.45, 7) is 2.08. The molecule has 0 radical (unpaired) electrons. The summed E-state index contributed by atoms with van der Waals surface area (Å²) < 4.78 is 1.81. The van der Waals surface area contributed by atoms with Gasteiger partial charge >= 0.3 is 0 Å². The summed E-state index contributed by atoms with van der Waals surface area (Å²) in [4.78, 5) is 14.6. The van der Waals surface area contributed by atoms with Crippen molar-refractivity contribution in [1.82, 2.24) is 15.2 Å². The standard InChI is InChI=1S/C10H11N3OS3/c1-2-15-9-12-13-10(17-9)16-6-8(14)7-4-3-5-11-7/h3-5,11H,2,6H2,1H3. The Bertz CT molecular complexity index is 481. The lowest BCUT2D eigenvalue weighted by molar-refractivity contribution is 0.101. The lowest BCUT2D eigenvalue weighted by atomic mass is 10.3. The minimum absolute atomic E-state index is 0.0832. The summed E-state index contributed by atoms with van der Waals surface area (Å²) in [6.07, 6.45) is 1.75. The molecular formula is C10H11N3OS3. The summed E-state index contributed by atoms with van der Waals surface area (Å²) in [7, 11) is 0. The number of Topliss-reactive ketones (excluding diaryl/α,β-unsaturated/α-hetero) is 1. The molecule has 0 bridgehead atoms. The monoisotopic (exact) mass is 285 g/mol. The minimum Gasteiger partial charge on any atom is -0.359 e. The van der Waals surface area contributed by atoms with Crippen LogP contribution in [-0.4, -0.2) is 32.5 Å². The highest BCUT2D eigenvalue weighted by molar-refractivity contribution is 8.03. The van der Waals surface area contributed by atoms with Crippen LogP contribution in [0.5, 0.6) is 0 Å². The Hall–Kier alpha value is -0.790. The molecule has 0 saturated heterocycles. The summed E-state index contributed by atoms with van der Waals surface area (Å²) in [6, 6.07) is 3.60. The molecule has 0 aliphatic carbocycles. The first-order valence-electron chi connectivity index (χ1n) is 5.05. The Morgan fingerprint density at radius 3 is 2.82 bits per heavy atom. The molecule has 90 valence electrons. The van der Waals surface area contributed by atoms with Gasteiger partial charge in [0.1, 0.15) is 0 Å². The number of nitrogens with one attached hydrogen (secondary N) is 1. The lowest BCUT2D eigenvalue weighted by Crippen LogP contribution is -2.02. The summed E-state index contributed by atoms with van der Waals surface area (Å²) in [5.41, 5.74) is 0.644. The Morgan fingerprint density at radius 2 is 2.18 bits per heavy atom. The van der Waals surface area contributed by atoms with E-state index in [1.54, 1.807) is 24.0 Å². The van der Waals surface area contributed by atoms with Crippen LogP contribution in [0.4, 0.5) is 0 Å². The zero-order valence-electron chi connectivity index (χ0n) is 9.17. The van der Waals surface area contributed by atoms with Crippen molar-refractivity contribution in [2.45, 2.75) is 15.6 Å². The smallest absolute Gasteiger partial charge is 0.189 e. The van der Waals surface area contributed by atoms with Crippen LogP contribution in [-0.2, 0) is 0 Å². The first-order valence-corrected chi connectivity index (χ1v) is 7.84. The maximum Gasteiger partial charge on any atom is 0.189 e. The van der Waals surface area contributed by atoms with Gasteiger partial charge in [-0.1, -0.05) is 41.8 Å². The largest absolute Gasteiger partial charge is 0.359 e. The highest BCUT2D eigenvalue weighted by Gasteiger charge is 2.10. The molecule has 17 heavy (non-hydrogen) atoms. The van der Waals surface area contributed by atoms with Gasteiger partial charge in [-0.05, 0) is 17.9 Å². The van der Waals surface area contributed by atoms with Gasteiger partial charge in [-0.15, -0.1) is 10.2 Å². The number of rotatable bonds is 6. The molecule has 0 unspecified atom stereocenters. The van der Waals surface area contributed by atoms with Crippen molar-refractivity contribution < 1.29 is 4.79 Å². The Balaban J connectivity index is 1.87. The molecule has 1 N–H and O–H groups in total. The molecule has 4 nitrogen and oxygen atoms in total. The lowest BCUT2D eigenvalue weighted by Gasteiger charge is -1.94. The van der Waals surface area contributed by atoms with Gasteiger partial charge in [-0.3, -0.25) is 4.79 Å². The van der Waals surface area contributed by atoms with Gasteiger partial charge in [0.15, 0.2) is 14.5 Å². The first-order chi connectivity index (χ1) is 8.29. The molecule has 0 amide bonds. The Kier molecular flexibility index (Phi) is 4.64. The van der Waals surface area contributed by atoms with E-state index in [-0.39, 0.29) is 5.78 Å². The fourth-order valence-electron chi connectivity index (χ4n) is 1.15. The maximum absolute atomic E-state index is 11.7. The van der Waals surface area contributed by atoms with Crippen molar-refractivity contribution in [1.29, 1.82) is 0 Å². The van der Waals surface area contributed by atoms with Crippen molar-refractivity contribution in [2.75, 3.05) is 11.5 Å². The molecule has 2 heterocycles. The molecule has 2 aromatic rings. The van der Waals surface area contributed by atoms with E-state index in [1.807, 2.05) is 6.07 Å². The zero-order chi connectivity index (χ0) is 12.1. The molecule has 0 spiro atoms. The van der Waals surface area contributed by atoms with E-state index < -0.39 is 0 Å². The third-order valence-electron chi connectivity index (χ3n) is 1.88. The predicted molar refractivity (Wildman–Crippen MR) is 72.2 cm³/mol. The number of hydrogen-bond acceptors (Lipinski definition) is 6. The average molecular weight is 285 g/mol. The van der Waals surface area contributed by atoms with Gasteiger partial charge in [-0.2, -0.15) is 0 Å². The van der Waals surface area contributed by atoms with Crippen LogP contribution in [0.1, 0.15) is 17.4 Å². The van der Waals surface area contributed by atoms with Crippen LogP contribution in [0, 0.1) is 0 Å².